The van der Waals surface area contributed by atoms with E-state index in [1.807, 2.05) is 0 Å². The highest BCUT2D eigenvalue weighted by Gasteiger charge is 2.40. The molecule has 1 aliphatic carbocycles. The molecule has 3 fully saturated rings. The van der Waals surface area contributed by atoms with E-state index in [0.717, 1.165) is 11.8 Å². The van der Waals surface area contributed by atoms with Crippen LogP contribution in [0, 0.1) is 11.8 Å². The molecule has 3 rings (SSSR count). The van der Waals surface area contributed by atoms with Gasteiger partial charge in [0.15, 0.2) is 0 Å². The quantitative estimate of drug-likeness (QED) is 0.534. The topological polar surface area (TPSA) is 24.1 Å². The molecular weight excluding hydrogens is 136 g/mol. The standard InChI is InChI=1S/C5H9N.C4H9N/c1-4-2-6-3-5(1)4;1-2-4-5-3-1/h4-6H,1-3H2;5H,1-4H2. The molecule has 3 aliphatic rings. The lowest BCUT2D eigenvalue weighted by molar-refractivity contribution is 0.732. The first-order valence-electron chi connectivity index (χ1n) is 4.88. The highest BCUT2D eigenvalue weighted by Crippen LogP contribution is 2.40. The van der Waals surface area contributed by atoms with Crippen LogP contribution in [-0.4, -0.2) is 26.2 Å². The van der Waals surface area contributed by atoms with Crippen LogP contribution in [-0.2, 0) is 0 Å². The molecule has 2 saturated heterocycles. The van der Waals surface area contributed by atoms with E-state index >= 15 is 0 Å². The molecule has 2 heterocycles. The summed E-state index contributed by atoms with van der Waals surface area (Å²) < 4.78 is 0. The van der Waals surface area contributed by atoms with Crippen molar-refractivity contribution >= 4 is 0 Å². The van der Waals surface area contributed by atoms with Gasteiger partial charge < -0.3 is 10.6 Å². The maximum atomic E-state index is 3.32. The van der Waals surface area contributed by atoms with Crippen LogP contribution in [0.2, 0.25) is 0 Å². The molecule has 64 valence electrons. The third kappa shape index (κ3) is 2.17. The summed E-state index contributed by atoms with van der Waals surface area (Å²) in [5.41, 5.74) is 0. The zero-order valence-electron chi connectivity index (χ0n) is 7.10. The largest absolute Gasteiger partial charge is 0.317 e. The maximum absolute atomic E-state index is 3.32. The van der Waals surface area contributed by atoms with Gasteiger partial charge in [-0.25, -0.2) is 0 Å². The number of nitrogens with one attached hydrogen (secondary N) is 2. The van der Waals surface area contributed by atoms with Crippen LogP contribution in [0.3, 0.4) is 0 Å². The van der Waals surface area contributed by atoms with Gasteiger partial charge in [-0.1, -0.05) is 0 Å². The summed E-state index contributed by atoms with van der Waals surface area (Å²) in [4.78, 5) is 0. The Morgan fingerprint density at radius 3 is 1.64 bits per heavy atom. The molecule has 0 aromatic carbocycles. The first kappa shape index (κ1) is 7.56. The molecule has 0 aromatic rings. The molecule has 0 aromatic heterocycles. The van der Waals surface area contributed by atoms with Gasteiger partial charge in [-0.3, -0.25) is 0 Å². The van der Waals surface area contributed by atoms with Crippen LogP contribution in [0.15, 0.2) is 0 Å². The van der Waals surface area contributed by atoms with Crippen molar-refractivity contribution in [1.29, 1.82) is 0 Å². The number of hydrogen-bond acceptors (Lipinski definition) is 2. The highest BCUT2D eigenvalue weighted by atomic mass is 14.9. The van der Waals surface area contributed by atoms with E-state index in [1.165, 1.54) is 45.4 Å². The molecule has 0 amide bonds. The van der Waals surface area contributed by atoms with Gasteiger partial charge in [0.1, 0.15) is 0 Å². The third-order valence-corrected chi connectivity index (χ3v) is 2.84. The lowest BCUT2D eigenvalue weighted by Gasteiger charge is -1.87. The fourth-order valence-electron chi connectivity index (χ4n) is 1.89. The summed E-state index contributed by atoms with van der Waals surface area (Å²) in [6, 6.07) is 0. The van der Waals surface area contributed by atoms with Crippen LogP contribution in [0.1, 0.15) is 19.3 Å². The number of fused-ring (bicyclic) bond motifs is 1. The monoisotopic (exact) mass is 154 g/mol. The Morgan fingerprint density at radius 2 is 1.45 bits per heavy atom. The predicted molar refractivity (Wildman–Crippen MR) is 46.6 cm³/mol. The molecule has 2 unspecified atom stereocenters. The molecule has 0 bridgehead atoms. The van der Waals surface area contributed by atoms with Gasteiger partial charge >= 0.3 is 0 Å². The number of rotatable bonds is 0. The van der Waals surface area contributed by atoms with Gasteiger partial charge in [-0.2, -0.15) is 0 Å². The summed E-state index contributed by atoms with van der Waals surface area (Å²) in [5, 5.41) is 6.54. The number of hydrogen-bond donors (Lipinski definition) is 2. The molecule has 2 N–H and O–H groups in total. The Labute approximate surface area is 68.7 Å². The van der Waals surface area contributed by atoms with Crippen molar-refractivity contribution in [2.75, 3.05) is 26.2 Å². The highest BCUT2D eigenvalue weighted by molar-refractivity contribution is 4.94. The van der Waals surface area contributed by atoms with E-state index in [4.69, 9.17) is 0 Å². The average Bonchev–Trinajstić information content (AvgIpc) is 2.62. The van der Waals surface area contributed by atoms with Crippen LogP contribution in [0.25, 0.3) is 0 Å². The Kier molecular flexibility index (Phi) is 2.44. The molecule has 2 nitrogen and oxygen atoms in total. The third-order valence-electron chi connectivity index (χ3n) is 2.84. The minimum Gasteiger partial charge on any atom is -0.317 e. The second-order valence-corrected chi connectivity index (χ2v) is 3.87. The number of piperidine rings is 1. The SMILES string of the molecule is C1CCNC1.C1NCC2CC12. The first-order chi connectivity index (χ1) is 5.47. The van der Waals surface area contributed by atoms with Gasteiger partial charge in [-0.15, -0.1) is 0 Å². The molecule has 1 saturated carbocycles. The van der Waals surface area contributed by atoms with Crippen molar-refractivity contribution in [2.45, 2.75) is 19.3 Å². The average molecular weight is 154 g/mol. The summed E-state index contributed by atoms with van der Waals surface area (Å²) in [6.45, 7) is 5.12. The van der Waals surface area contributed by atoms with Crippen molar-refractivity contribution < 1.29 is 0 Å². The van der Waals surface area contributed by atoms with Crippen LogP contribution < -0.4 is 10.6 Å². The second kappa shape index (κ2) is 3.55. The van der Waals surface area contributed by atoms with Crippen molar-refractivity contribution in [3.63, 3.8) is 0 Å². The van der Waals surface area contributed by atoms with Gasteiger partial charge in [0.05, 0.1) is 0 Å². The molecule has 2 aliphatic heterocycles. The zero-order chi connectivity index (χ0) is 7.52. The lowest BCUT2D eigenvalue weighted by atomic mass is 10.4. The van der Waals surface area contributed by atoms with Gasteiger partial charge in [0, 0.05) is 0 Å². The summed E-state index contributed by atoms with van der Waals surface area (Å²) in [7, 11) is 0. The van der Waals surface area contributed by atoms with Crippen molar-refractivity contribution in [3.8, 4) is 0 Å². The van der Waals surface area contributed by atoms with Crippen molar-refractivity contribution in [2.24, 2.45) is 11.8 Å². The Morgan fingerprint density at radius 1 is 0.818 bits per heavy atom. The molecule has 11 heavy (non-hydrogen) atoms. The summed E-state index contributed by atoms with van der Waals surface area (Å²) >= 11 is 0. The molecule has 2 atom stereocenters. The second-order valence-electron chi connectivity index (χ2n) is 3.87. The Bertz CT molecular complexity index is 105. The maximum Gasteiger partial charge on any atom is -0.00172 e. The van der Waals surface area contributed by atoms with E-state index < -0.39 is 0 Å². The Hall–Kier alpha value is -0.0800. The molecular formula is C9H18N2. The lowest BCUT2D eigenvalue weighted by Crippen LogP contribution is -2.10. The van der Waals surface area contributed by atoms with E-state index in [0.29, 0.717) is 0 Å². The normalized spacial score (nSPS) is 39.3. The zero-order valence-corrected chi connectivity index (χ0v) is 7.10. The smallest absolute Gasteiger partial charge is 0.00172 e. The fraction of sp³-hybridized carbons (Fsp3) is 1.00. The van der Waals surface area contributed by atoms with Gasteiger partial charge in [0.2, 0.25) is 0 Å². The molecule has 0 spiro atoms. The molecule has 2 heteroatoms. The minimum absolute atomic E-state index is 1.10. The van der Waals surface area contributed by atoms with E-state index in [2.05, 4.69) is 10.6 Å². The fourth-order valence-corrected chi connectivity index (χ4v) is 1.89. The summed E-state index contributed by atoms with van der Waals surface area (Å²) in [5.74, 6) is 2.20. The van der Waals surface area contributed by atoms with E-state index in [1.54, 1.807) is 0 Å². The van der Waals surface area contributed by atoms with Gasteiger partial charge in [0.25, 0.3) is 0 Å². The molecule has 0 radical (unpaired) electrons. The van der Waals surface area contributed by atoms with Crippen molar-refractivity contribution in [1.82, 2.24) is 10.6 Å². The van der Waals surface area contributed by atoms with E-state index in [-0.39, 0.29) is 0 Å². The Balaban J connectivity index is 0.0000000893. The summed E-state index contributed by atoms with van der Waals surface area (Å²) in [6.07, 6.45) is 4.30. The van der Waals surface area contributed by atoms with Crippen LogP contribution in [0.4, 0.5) is 0 Å². The van der Waals surface area contributed by atoms with Gasteiger partial charge in [-0.05, 0) is 57.3 Å². The first-order valence-corrected chi connectivity index (χ1v) is 4.88. The van der Waals surface area contributed by atoms with E-state index in [9.17, 15) is 0 Å². The predicted octanol–water partition coefficient (Wildman–Crippen LogP) is 0.595. The van der Waals surface area contributed by atoms with Crippen LogP contribution >= 0.6 is 0 Å². The minimum atomic E-state index is 1.10. The van der Waals surface area contributed by atoms with Crippen LogP contribution in [0.5, 0.6) is 0 Å². The van der Waals surface area contributed by atoms with Crippen molar-refractivity contribution in [3.05, 3.63) is 0 Å².